The first-order chi connectivity index (χ1) is 14.4. The molecular weight excluding hydrogens is 425 g/mol. The van der Waals surface area contributed by atoms with E-state index in [-0.39, 0.29) is 31.2 Å². The summed E-state index contributed by atoms with van der Waals surface area (Å²) in [5.74, 6) is -1.93. The van der Waals surface area contributed by atoms with Crippen LogP contribution >= 0.6 is 0 Å². The number of hydrogen-bond donors (Lipinski definition) is 5. The van der Waals surface area contributed by atoms with E-state index in [1.54, 1.807) is 0 Å². The minimum atomic E-state index is -4.78. The molecule has 3 aliphatic rings. The Morgan fingerprint density at radius 2 is 1.90 bits per heavy atom. The van der Waals surface area contributed by atoms with Crippen LogP contribution in [0.25, 0.3) is 0 Å². The molecule has 2 heterocycles. The van der Waals surface area contributed by atoms with Crippen molar-refractivity contribution in [1.82, 2.24) is 9.96 Å². The topological polar surface area (TPSA) is 170 Å². The van der Waals surface area contributed by atoms with Gasteiger partial charge in [0.25, 0.3) is 0 Å². The highest BCUT2D eigenvalue weighted by Gasteiger charge is 2.65. The van der Waals surface area contributed by atoms with Crippen molar-refractivity contribution in [2.75, 3.05) is 6.61 Å². The van der Waals surface area contributed by atoms with E-state index in [0.717, 1.165) is 0 Å². The normalized spacial score (nSPS) is 30.5. The van der Waals surface area contributed by atoms with Crippen molar-refractivity contribution in [2.45, 2.75) is 75.8 Å². The summed E-state index contributed by atoms with van der Waals surface area (Å²) in [6, 6.07) is -2.69. The third-order valence-corrected chi connectivity index (χ3v) is 6.27. The number of aliphatic hydroxyl groups is 2. The number of hydroxylamine groups is 2. The fourth-order valence-electron chi connectivity index (χ4n) is 4.30. The van der Waals surface area contributed by atoms with Gasteiger partial charge in [0.15, 0.2) is 17.5 Å². The summed E-state index contributed by atoms with van der Waals surface area (Å²) in [4.78, 5) is 22.0. The van der Waals surface area contributed by atoms with Crippen LogP contribution in [-0.4, -0.2) is 92.6 Å². The molecule has 1 saturated carbocycles. The lowest BCUT2D eigenvalue weighted by molar-refractivity contribution is -0.260. The summed E-state index contributed by atoms with van der Waals surface area (Å²) in [7, 11) is 0. The number of carbonyl (C=O) groups excluding carboxylic acids is 1. The van der Waals surface area contributed by atoms with Crippen molar-refractivity contribution < 1.29 is 38.1 Å². The van der Waals surface area contributed by atoms with Gasteiger partial charge in [0, 0.05) is 0 Å². The second-order valence-corrected chi connectivity index (χ2v) is 8.17. The van der Waals surface area contributed by atoms with E-state index in [9.17, 15) is 33.4 Å². The predicted molar refractivity (Wildman–Crippen MR) is 101 cm³/mol. The van der Waals surface area contributed by atoms with Gasteiger partial charge < -0.3 is 31.3 Å². The number of hydrogen-bond acceptors (Lipinski definition) is 11. The molecule has 0 spiro atoms. The molecule has 0 saturated heterocycles. The van der Waals surface area contributed by atoms with Gasteiger partial charge in [0.05, 0.1) is 18.8 Å². The maximum atomic E-state index is 13.5. The Labute approximate surface area is 176 Å². The molecule has 0 aromatic heterocycles. The molecule has 1 aliphatic carbocycles. The number of nitrogens with zero attached hydrogens (tertiary/aromatic N) is 4. The van der Waals surface area contributed by atoms with Crippen LogP contribution in [0.2, 0.25) is 0 Å². The van der Waals surface area contributed by atoms with Crippen LogP contribution in [0.4, 0.5) is 13.2 Å². The molecule has 0 bridgehead atoms. The molecule has 176 valence electrons. The maximum Gasteiger partial charge on any atom is 0.404 e. The van der Waals surface area contributed by atoms with Crippen molar-refractivity contribution in [3.05, 3.63) is 0 Å². The monoisotopic (exact) mass is 452 g/mol. The maximum absolute atomic E-state index is 13.5. The smallest absolute Gasteiger partial charge is 0.404 e. The van der Waals surface area contributed by atoms with Gasteiger partial charge in [-0.15, -0.1) is 0 Å². The summed E-state index contributed by atoms with van der Waals surface area (Å²) >= 11 is 0. The highest BCUT2D eigenvalue weighted by Crippen LogP contribution is 2.54. The summed E-state index contributed by atoms with van der Waals surface area (Å²) in [6.45, 7) is 2.27. The van der Waals surface area contributed by atoms with Crippen LogP contribution in [0.15, 0.2) is 9.98 Å². The molecule has 0 amide bonds. The Kier molecular flexibility index (Phi) is 6.01. The second kappa shape index (κ2) is 7.98. The lowest BCUT2D eigenvalue weighted by Crippen LogP contribution is -2.67. The Morgan fingerprint density at radius 1 is 1.29 bits per heavy atom. The van der Waals surface area contributed by atoms with Gasteiger partial charge in [-0.2, -0.15) is 18.2 Å². The number of ether oxygens (including phenoxy) is 1. The second-order valence-electron chi connectivity index (χ2n) is 8.17. The first kappa shape index (κ1) is 23.3. The Balaban J connectivity index is 1.89. The number of fused-ring (bicyclic) bond motifs is 1. The van der Waals surface area contributed by atoms with Crippen LogP contribution in [0, 0.1) is 5.41 Å². The van der Waals surface area contributed by atoms with E-state index in [0.29, 0.717) is 5.06 Å². The summed E-state index contributed by atoms with van der Waals surface area (Å²) in [5.41, 5.74) is 9.08. The molecule has 2 aliphatic heterocycles. The zero-order valence-corrected chi connectivity index (χ0v) is 17.0. The number of guanidine groups is 2. The molecule has 7 N–H and O–H groups in total. The van der Waals surface area contributed by atoms with Gasteiger partial charge in [0.2, 0.25) is 5.96 Å². The highest BCUT2D eigenvalue weighted by molar-refractivity contribution is 5.84. The molecule has 6 atom stereocenters. The third-order valence-electron chi connectivity index (χ3n) is 6.27. The van der Waals surface area contributed by atoms with Crippen LogP contribution in [0.1, 0.15) is 33.1 Å². The molecule has 14 heteroatoms. The molecule has 1 fully saturated rings. The molecular formula is C17H27F3N6O5. The number of aliphatic imine (C=N–C) groups is 2. The van der Waals surface area contributed by atoms with Crippen molar-refractivity contribution in [1.29, 1.82) is 0 Å². The van der Waals surface area contributed by atoms with E-state index in [2.05, 4.69) is 9.98 Å². The molecule has 0 aromatic carbocycles. The first-order valence-electron chi connectivity index (χ1n) is 9.85. The molecule has 0 aromatic rings. The van der Waals surface area contributed by atoms with Gasteiger partial charge in [0.1, 0.15) is 18.2 Å². The van der Waals surface area contributed by atoms with Gasteiger partial charge in [-0.3, -0.25) is 10.0 Å². The number of alkyl halides is 3. The molecule has 0 radical (unpaired) electrons. The lowest BCUT2D eigenvalue weighted by atomic mass is 9.68. The number of rotatable bonds is 6. The van der Waals surface area contributed by atoms with Crippen molar-refractivity contribution in [2.24, 2.45) is 26.9 Å². The number of halogens is 3. The summed E-state index contributed by atoms with van der Waals surface area (Å²) in [6.07, 6.45) is -9.21. The van der Waals surface area contributed by atoms with Crippen LogP contribution in [0.3, 0.4) is 0 Å². The van der Waals surface area contributed by atoms with Crippen molar-refractivity contribution in [3.63, 3.8) is 0 Å². The fourth-order valence-corrected chi connectivity index (χ4v) is 4.30. The number of esters is 1. The van der Waals surface area contributed by atoms with E-state index in [4.69, 9.17) is 16.2 Å². The van der Waals surface area contributed by atoms with Gasteiger partial charge in [-0.25, -0.2) is 9.98 Å². The Hall–Kier alpha value is -2.32. The molecule has 11 nitrogen and oxygen atoms in total. The molecule has 3 rings (SSSR count). The lowest BCUT2D eigenvalue weighted by Gasteiger charge is -2.47. The van der Waals surface area contributed by atoms with E-state index in [1.807, 2.05) is 0 Å². The van der Waals surface area contributed by atoms with Crippen molar-refractivity contribution >= 4 is 17.9 Å². The van der Waals surface area contributed by atoms with E-state index >= 15 is 0 Å². The highest BCUT2D eigenvalue weighted by atomic mass is 19.4. The minimum Gasteiger partial charge on any atom is -0.457 e. The standard InChI is InChI=1S/C17H27F3N6O5/c1-7(11(8(2)28)31-13(29)16(4-3-5-16)17(18,19)20)25-12-10(24-15(22)26(12)30)9(6-27)23-14(25)21/h7-12,27-28,30H,3-6H2,1-2H3,(H2,21,23)(H2,22,24). The summed E-state index contributed by atoms with van der Waals surface area (Å²) < 4.78 is 45.8. The average molecular weight is 452 g/mol. The summed E-state index contributed by atoms with van der Waals surface area (Å²) in [5, 5.41) is 30.7. The third kappa shape index (κ3) is 3.65. The van der Waals surface area contributed by atoms with Crippen LogP contribution < -0.4 is 11.5 Å². The fraction of sp³-hybridized carbons (Fsp3) is 0.824. The zero-order valence-electron chi connectivity index (χ0n) is 17.0. The largest absolute Gasteiger partial charge is 0.457 e. The minimum absolute atomic E-state index is 0.187. The Bertz CT molecular complexity index is 772. The van der Waals surface area contributed by atoms with Crippen molar-refractivity contribution in [3.8, 4) is 0 Å². The molecule has 6 unspecified atom stereocenters. The van der Waals surface area contributed by atoms with E-state index < -0.39 is 60.7 Å². The van der Waals surface area contributed by atoms with Crippen LogP contribution in [0.5, 0.6) is 0 Å². The van der Waals surface area contributed by atoms with Gasteiger partial charge >= 0.3 is 12.1 Å². The quantitative estimate of drug-likeness (QED) is 0.321. The Morgan fingerprint density at radius 3 is 2.35 bits per heavy atom. The number of carbonyl (C=O) groups is 1. The number of aliphatic hydroxyl groups excluding tert-OH is 2. The number of nitrogens with two attached hydrogens (primary N) is 2. The predicted octanol–water partition coefficient (Wildman–Crippen LogP) is -0.894. The zero-order chi connectivity index (χ0) is 23.3. The van der Waals surface area contributed by atoms with Gasteiger partial charge in [-0.05, 0) is 26.7 Å². The SMILES string of the molecule is CC(O)C(OC(=O)C1(C(F)(F)F)CCC1)C(C)N1C(N)=NC(CO)C2N=C(N)N(O)C21. The van der Waals surface area contributed by atoms with Crippen LogP contribution in [-0.2, 0) is 9.53 Å². The molecule has 31 heavy (non-hydrogen) atoms. The average Bonchev–Trinajstić information content (AvgIpc) is 2.91. The van der Waals surface area contributed by atoms with E-state index in [1.165, 1.54) is 18.7 Å². The first-order valence-corrected chi connectivity index (χ1v) is 9.85. The van der Waals surface area contributed by atoms with Gasteiger partial charge in [-0.1, -0.05) is 6.42 Å².